The van der Waals surface area contributed by atoms with Gasteiger partial charge in [0.1, 0.15) is 5.65 Å². The van der Waals surface area contributed by atoms with Crippen molar-refractivity contribution < 1.29 is 0 Å². The number of rotatable bonds is 2. The lowest BCUT2D eigenvalue weighted by Crippen LogP contribution is -2.22. The molecule has 16 heavy (non-hydrogen) atoms. The summed E-state index contributed by atoms with van der Waals surface area (Å²) < 4.78 is 1.76. The van der Waals surface area contributed by atoms with Crippen LogP contribution in [0.3, 0.4) is 0 Å². The Kier molecular flexibility index (Phi) is 2.77. The van der Waals surface area contributed by atoms with Gasteiger partial charge in [-0.25, -0.2) is 4.98 Å². The summed E-state index contributed by atoms with van der Waals surface area (Å²) in [5.41, 5.74) is 1.98. The summed E-state index contributed by atoms with van der Waals surface area (Å²) in [6.07, 6.45) is 1.76. The van der Waals surface area contributed by atoms with Crippen molar-refractivity contribution in [3.05, 3.63) is 40.3 Å². The van der Waals surface area contributed by atoms with E-state index in [0.29, 0.717) is 12.5 Å². The predicted molar refractivity (Wildman–Crippen MR) is 65.6 cm³/mol. The van der Waals surface area contributed by atoms with Gasteiger partial charge in [0.2, 0.25) is 0 Å². The fraction of sp³-hybridized carbons (Fsp3) is 0.385. The van der Waals surface area contributed by atoms with Crippen LogP contribution in [0.5, 0.6) is 0 Å². The quantitative estimate of drug-likeness (QED) is 0.772. The van der Waals surface area contributed by atoms with Gasteiger partial charge in [-0.05, 0) is 30.5 Å². The zero-order valence-corrected chi connectivity index (χ0v) is 9.90. The lowest BCUT2D eigenvalue weighted by Gasteiger charge is -2.12. The number of hydrogen-bond donors (Lipinski definition) is 0. The van der Waals surface area contributed by atoms with Crippen molar-refractivity contribution in [2.75, 3.05) is 0 Å². The molecule has 0 saturated heterocycles. The molecule has 0 N–H and O–H groups in total. The van der Waals surface area contributed by atoms with E-state index in [4.69, 9.17) is 0 Å². The van der Waals surface area contributed by atoms with E-state index in [1.54, 1.807) is 16.8 Å². The maximum atomic E-state index is 11.8. The third kappa shape index (κ3) is 1.85. The molecule has 0 fully saturated rings. The molecule has 2 rings (SSSR count). The van der Waals surface area contributed by atoms with Gasteiger partial charge >= 0.3 is 0 Å². The Hall–Kier alpha value is -1.64. The number of fused-ring (bicyclic) bond motifs is 1. The van der Waals surface area contributed by atoms with Gasteiger partial charge in [0.05, 0.1) is 0 Å². The van der Waals surface area contributed by atoms with Gasteiger partial charge in [-0.1, -0.05) is 13.8 Å². The SMILES string of the molecule is Cc1ccnc2c1ccc(=O)n2CC(C)C. The normalized spacial score (nSPS) is 11.2. The average Bonchev–Trinajstić information content (AvgIpc) is 2.22. The first kappa shape index (κ1) is 10.9. The second kappa shape index (κ2) is 4.08. The van der Waals surface area contributed by atoms with E-state index in [2.05, 4.69) is 18.8 Å². The highest BCUT2D eigenvalue weighted by molar-refractivity contribution is 5.78. The van der Waals surface area contributed by atoms with Crippen LogP contribution in [0, 0.1) is 12.8 Å². The first-order valence-electron chi connectivity index (χ1n) is 5.55. The standard InChI is InChI=1S/C13H16N2O/c1-9(2)8-15-12(16)5-4-11-10(3)6-7-14-13(11)15/h4-7,9H,8H2,1-3H3. The smallest absolute Gasteiger partial charge is 0.252 e. The van der Waals surface area contributed by atoms with Crippen LogP contribution in [-0.2, 0) is 6.54 Å². The van der Waals surface area contributed by atoms with Crippen LogP contribution in [0.25, 0.3) is 11.0 Å². The largest absolute Gasteiger partial charge is 0.292 e. The highest BCUT2D eigenvalue weighted by Gasteiger charge is 2.06. The van der Waals surface area contributed by atoms with Gasteiger partial charge in [0.25, 0.3) is 5.56 Å². The second-order valence-electron chi connectivity index (χ2n) is 4.54. The molecule has 3 nitrogen and oxygen atoms in total. The van der Waals surface area contributed by atoms with Crippen molar-refractivity contribution in [3.8, 4) is 0 Å². The van der Waals surface area contributed by atoms with Crippen molar-refractivity contribution >= 4 is 11.0 Å². The van der Waals surface area contributed by atoms with E-state index in [0.717, 1.165) is 16.6 Å². The van der Waals surface area contributed by atoms with Gasteiger partial charge in [-0.3, -0.25) is 9.36 Å². The molecule has 0 aliphatic carbocycles. The zero-order valence-electron chi connectivity index (χ0n) is 9.90. The summed E-state index contributed by atoms with van der Waals surface area (Å²) in [6.45, 7) is 6.95. The summed E-state index contributed by atoms with van der Waals surface area (Å²) in [4.78, 5) is 16.1. The van der Waals surface area contributed by atoms with E-state index in [-0.39, 0.29) is 5.56 Å². The monoisotopic (exact) mass is 216 g/mol. The lowest BCUT2D eigenvalue weighted by molar-refractivity contribution is 0.521. The van der Waals surface area contributed by atoms with Crippen molar-refractivity contribution in [1.82, 2.24) is 9.55 Å². The Morgan fingerprint density at radius 2 is 2.06 bits per heavy atom. The van der Waals surface area contributed by atoms with Crippen molar-refractivity contribution in [2.45, 2.75) is 27.3 Å². The molecule has 0 saturated carbocycles. The number of aromatic nitrogens is 2. The van der Waals surface area contributed by atoms with Crippen LogP contribution >= 0.6 is 0 Å². The highest BCUT2D eigenvalue weighted by atomic mass is 16.1. The third-order valence-electron chi connectivity index (χ3n) is 2.65. The van der Waals surface area contributed by atoms with Crippen molar-refractivity contribution in [1.29, 1.82) is 0 Å². The molecular weight excluding hydrogens is 200 g/mol. The maximum absolute atomic E-state index is 11.8. The summed E-state index contributed by atoms with van der Waals surface area (Å²) in [5, 5.41) is 1.06. The first-order valence-corrected chi connectivity index (χ1v) is 5.55. The summed E-state index contributed by atoms with van der Waals surface area (Å²) in [7, 11) is 0. The van der Waals surface area contributed by atoms with Crippen LogP contribution in [0.2, 0.25) is 0 Å². The molecule has 0 atom stereocenters. The lowest BCUT2D eigenvalue weighted by atomic mass is 10.1. The minimum atomic E-state index is 0.0271. The molecule has 2 aromatic heterocycles. The molecular formula is C13H16N2O. The van der Waals surface area contributed by atoms with Gasteiger partial charge in [0.15, 0.2) is 0 Å². The fourth-order valence-electron chi connectivity index (χ4n) is 1.87. The maximum Gasteiger partial charge on any atom is 0.252 e. The molecule has 0 radical (unpaired) electrons. The summed E-state index contributed by atoms with van der Waals surface area (Å²) in [5.74, 6) is 0.436. The van der Waals surface area contributed by atoms with E-state index < -0.39 is 0 Å². The Morgan fingerprint density at radius 3 is 2.75 bits per heavy atom. The molecule has 0 aliphatic rings. The molecule has 0 spiro atoms. The van der Waals surface area contributed by atoms with Crippen molar-refractivity contribution in [3.63, 3.8) is 0 Å². The van der Waals surface area contributed by atoms with Crippen LogP contribution in [-0.4, -0.2) is 9.55 Å². The topological polar surface area (TPSA) is 34.9 Å². The third-order valence-corrected chi connectivity index (χ3v) is 2.65. The molecule has 0 aliphatic heterocycles. The minimum absolute atomic E-state index is 0.0271. The number of aryl methyl sites for hydroxylation is 1. The molecule has 0 amide bonds. The number of nitrogens with zero attached hydrogens (tertiary/aromatic N) is 2. The van der Waals surface area contributed by atoms with Crippen LogP contribution in [0.4, 0.5) is 0 Å². The van der Waals surface area contributed by atoms with Crippen LogP contribution in [0.15, 0.2) is 29.2 Å². The fourth-order valence-corrected chi connectivity index (χ4v) is 1.87. The zero-order chi connectivity index (χ0) is 11.7. The molecule has 0 aromatic carbocycles. The first-order chi connectivity index (χ1) is 7.59. The van der Waals surface area contributed by atoms with Gasteiger partial charge in [0, 0.05) is 24.2 Å². The predicted octanol–water partition coefficient (Wildman–Crippen LogP) is 2.36. The van der Waals surface area contributed by atoms with Gasteiger partial charge in [-0.15, -0.1) is 0 Å². The minimum Gasteiger partial charge on any atom is -0.292 e. The molecule has 0 bridgehead atoms. The van der Waals surface area contributed by atoms with E-state index >= 15 is 0 Å². The molecule has 0 unspecified atom stereocenters. The van der Waals surface area contributed by atoms with Gasteiger partial charge < -0.3 is 0 Å². The highest BCUT2D eigenvalue weighted by Crippen LogP contribution is 2.14. The second-order valence-corrected chi connectivity index (χ2v) is 4.54. The Balaban J connectivity index is 2.75. The molecule has 2 heterocycles. The Bertz CT molecular complexity index is 570. The van der Waals surface area contributed by atoms with Crippen molar-refractivity contribution in [2.24, 2.45) is 5.92 Å². The van der Waals surface area contributed by atoms with Crippen LogP contribution < -0.4 is 5.56 Å². The number of pyridine rings is 2. The average molecular weight is 216 g/mol. The Labute approximate surface area is 94.7 Å². The summed E-state index contributed by atoms with van der Waals surface area (Å²) in [6, 6.07) is 5.45. The van der Waals surface area contributed by atoms with E-state index in [1.165, 1.54) is 0 Å². The summed E-state index contributed by atoms with van der Waals surface area (Å²) >= 11 is 0. The molecule has 2 aromatic rings. The molecule has 84 valence electrons. The molecule has 3 heteroatoms. The van der Waals surface area contributed by atoms with E-state index in [9.17, 15) is 4.79 Å². The number of hydrogen-bond acceptors (Lipinski definition) is 2. The van der Waals surface area contributed by atoms with Crippen LogP contribution in [0.1, 0.15) is 19.4 Å². The van der Waals surface area contributed by atoms with E-state index in [1.807, 2.05) is 19.1 Å². The Morgan fingerprint density at radius 1 is 1.31 bits per heavy atom. The van der Waals surface area contributed by atoms with Gasteiger partial charge in [-0.2, -0.15) is 0 Å².